The number of carbonyl (C=O) groups is 2. The van der Waals surface area contributed by atoms with Gasteiger partial charge in [0.05, 0.1) is 0 Å². The summed E-state index contributed by atoms with van der Waals surface area (Å²) in [6, 6.07) is 25.1. The number of anilines is 1. The number of hydrogen-bond donors (Lipinski definition) is 2. The second-order valence-corrected chi connectivity index (χ2v) is 8.26. The lowest BCUT2D eigenvalue weighted by Gasteiger charge is -2.21. The predicted molar refractivity (Wildman–Crippen MR) is 136 cm³/mol. The number of amides is 1. The second-order valence-electron chi connectivity index (χ2n) is 8.26. The third-order valence-corrected chi connectivity index (χ3v) is 6.12. The van der Waals surface area contributed by atoms with Crippen molar-refractivity contribution in [3.8, 4) is 11.1 Å². The van der Waals surface area contributed by atoms with Crippen molar-refractivity contribution in [3.63, 3.8) is 0 Å². The molecule has 0 heterocycles. The number of benzene rings is 3. The molecule has 1 atom stereocenters. The molecule has 0 spiro atoms. The van der Waals surface area contributed by atoms with Crippen LogP contribution in [0.3, 0.4) is 0 Å². The average molecular weight is 481 g/mol. The van der Waals surface area contributed by atoms with Crippen molar-refractivity contribution in [2.24, 2.45) is 0 Å². The first-order valence-corrected chi connectivity index (χ1v) is 11.1. The van der Waals surface area contributed by atoms with E-state index in [1.807, 2.05) is 73.8 Å². The van der Waals surface area contributed by atoms with Crippen LogP contribution in [0.4, 0.5) is 10.5 Å². The van der Waals surface area contributed by atoms with Gasteiger partial charge < -0.3 is 20.1 Å². The Morgan fingerprint density at radius 1 is 0.941 bits per heavy atom. The van der Waals surface area contributed by atoms with Crippen molar-refractivity contribution in [1.29, 1.82) is 0 Å². The SMILES string of the molecule is CN(CCCC(NC(=O)OCC1c2ccccc2-c2ccccc21)C(=O)O)c1ccccc1.Cl. The van der Waals surface area contributed by atoms with E-state index >= 15 is 0 Å². The molecular formula is C27H29ClN2O4. The van der Waals surface area contributed by atoms with Crippen molar-refractivity contribution < 1.29 is 19.4 Å². The summed E-state index contributed by atoms with van der Waals surface area (Å²) in [4.78, 5) is 26.2. The van der Waals surface area contributed by atoms with Crippen molar-refractivity contribution in [2.45, 2.75) is 24.8 Å². The Balaban J connectivity index is 0.00000324. The lowest BCUT2D eigenvalue weighted by atomic mass is 9.98. The van der Waals surface area contributed by atoms with Crippen LogP contribution in [0.25, 0.3) is 11.1 Å². The Bertz CT molecular complexity index is 1080. The van der Waals surface area contributed by atoms with E-state index in [2.05, 4.69) is 22.3 Å². The van der Waals surface area contributed by atoms with Crippen molar-refractivity contribution >= 4 is 30.2 Å². The van der Waals surface area contributed by atoms with Gasteiger partial charge in [0.2, 0.25) is 0 Å². The molecule has 0 aromatic heterocycles. The smallest absolute Gasteiger partial charge is 0.407 e. The summed E-state index contributed by atoms with van der Waals surface area (Å²) in [7, 11) is 1.96. The summed E-state index contributed by atoms with van der Waals surface area (Å²) >= 11 is 0. The Hall–Kier alpha value is -3.51. The zero-order valence-corrected chi connectivity index (χ0v) is 19.8. The van der Waals surface area contributed by atoms with Gasteiger partial charge in [-0.15, -0.1) is 12.4 Å². The van der Waals surface area contributed by atoms with Gasteiger partial charge >= 0.3 is 12.1 Å². The molecule has 7 heteroatoms. The average Bonchev–Trinajstić information content (AvgIpc) is 3.16. The van der Waals surface area contributed by atoms with Gasteiger partial charge in [-0.2, -0.15) is 0 Å². The number of fused-ring (bicyclic) bond motifs is 3. The third-order valence-electron chi connectivity index (χ3n) is 6.12. The number of rotatable bonds is 9. The highest BCUT2D eigenvalue weighted by Gasteiger charge is 2.29. The molecular weight excluding hydrogens is 452 g/mol. The maximum atomic E-state index is 12.5. The first kappa shape index (κ1) is 25.1. The summed E-state index contributed by atoms with van der Waals surface area (Å²) < 4.78 is 5.49. The molecule has 3 aromatic carbocycles. The molecule has 178 valence electrons. The number of hydrogen-bond acceptors (Lipinski definition) is 4. The number of carboxylic acids is 1. The molecule has 1 aliphatic carbocycles. The molecule has 0 saturated heterocycles. The molecule has 34 heavy (non-hydrogen) atoms. The van der Waals surface area contributed by atoms with E-state index in [1.54, 1.807) is 0 Å². The van der Waals surface area contributed by atoms with Gasteiger partial charge in [0.15, 0.2) is 0 Å². The normalized spacial score (nSPS) is 12.6. The molecule has 6 nitrogen and oxygen atoms in total. The minimum absolute atomic E-state index is 0. The fourth-order valence-corrected chi connectivity index (χ4v) is 4.38. The van der Waals surface area contributed by atoms with Gasteiger partial charge in [0.25, 0.3) is 0 Å². The summed E-state index contributed by atoms with van der Waals surface area (Å²) in [5.74, 6) is -1.13. The highest BCUT2D eigenvalue weighted by atomic mass is 35.5. The van der Waals surface area contributed by atoms with Crippen LogP contribution < -0.4 is 10.2 Å². The van der Waals surface area contributed by atoms with E-state index in [-0.39, 0.29) is 24.9 Å². The highest BCUT2D eigenvalue weighted by molar-refractivity contribution is 5.85. The predicted octanol–water partition coefficient (Wildman–Crippen LogP) is 5.32. The van der Waals surface area contributed by atoms with Crippen LogP contribution in [-0.4, -0.2) is 43.4 Å². The van der Waals surface area contributed by atoms with Crippen LogP contribution in [0.2, 0.25) is 0 Å². The van der Waals surface area contributed by atoms with Gasteiger partial charge in [0.1, 0.15) is 12.6 Å². The summed E-state index contributed by atoms with van der Waals surface area (Å²) in [5.41, 5.74) is 5.59. The fourth-order valence-electron chi connectivity index (χ4n) is 4.38. The van der Waals surface area contributed by atoms with Crippen LogP contribution in [0.5, 0.6) is 0 Å². The molecule has 0 aliphatic heterocycles. The largest absolute Gasteiger partial charge is 0.480 e. The molecule has 0 radical (unpaired) electrons. The van der Waals surface area contributed by atoms with Crippen molar-refractivity contribution in [2.75, 3.05) is 25.1 Å². The molecule has 0 fully saturated rings. The minimum Gasteiger partial charge on any atom is -0.480 e. The number of ether oxygens (including phenoxy) is 1. The molecule has 1 amide bonds. The van der Waals surface area contributed by atoms with E-state index in [9.17, 15) is 14.7 Å². The number of alkyl carbamates (subject to hydrolysis) is 1. The Labute approximate surface area is 206 Å². The van der Waals surface area contributed by atoms with Gasteiger partial charge in [-0.05, 0) is 47.2 Å². The van der Waals surface area contributed by atoms with Gasteiger partial charge in [-0.3, -0.25) is 0 Å². The number of carboxylic acid groups (broad SMARTS) is 1. The molecule has 4 rings (SSSR count). The summed E-state index contributed by atoms with van der Waals surface area (Å²) in [5, 5.41) is 12.1. The van der Waals surface area contributed by atoms with E-state index in [4.69, 9.17) is 4.74 Å². The van der Waals surface area contributed by atoms with Crippen LogP contribution >= 0.6 is 12.4 Å². The summed E-state index contributed by atoms with van der Waals surface area (Å²) in [6.07, 6.45) is 0.226. The number of carbonyl (C=O) groups excluding carboxylic acids is 1. The zero-order valence-electron chi connectivity index (χ0n) is 19.0. The minimum atomic E-state index is -1.06. The molecule has 0 bridgehead atoms. The molecule has 1 unspecified atom stereocenters. The lowest BCUT2D eigenvalue weighted by molar-refractivity contribution is -0.139. The third kappa shape index (κ3) is 5.69. The monoisotopic (exact) mass is 480 g/mol. The highest BCUT2D eigenvalue weighted by Crippen LogP contribution is 2.44. The Morgan fingerprint density at radius 3 is 2.09 bits per heavy atom. The number of nitrogens with zero attached hydrogens (tertiary/aromatic N) is 1. The molecule has 3 aromatic rings. The standard InChI is InChI=1S/C27H28N2O4.ClH/c1-29(19-10-3-2-4-11-19)17-9-16-25(26(30)31)28-27(32)33-18-24-22-14-7-5-12-20(22)21-13-6-8-15-23(21)24;/h2-8,10-15,24-25H,9,16-18H2,1H3,(H,28,32)(H,30,31);1H. The number of halogens is 1. The lowest BCUT2D eigenvalue weighted by Crippen LogP contribution is -2.41. The van der Waals surface area contributed by atoms with E-state index in [0.717, 1.165) is 27.9 Å². The van der Waals surface area contributed by atoms with E-state index in [0.29, 0.717) is 19.4 Å². The van der Waals surface area contributed by atoms with Crippen LogP contribution in [0.1, 0.15) is 29.9 Å². The second kappa shape index (κ2) is 11.6. The molecule has 0 saturated carbocycles. The fraction of sp³-hybridized carbons (Fsp3) is 0.259. The molecule has 2 N–H and O–H groups in total. The van der Waals surface area contributed by atoms with Crippen LogP contribution in [-0.2, 0) is 9.53 Å². The van der Waals surface area contributed by atoms with Crippen LogP contribution in [0, 0.1) is 0 Å². The molecule has 1 aliphatic rings. The summed E-state index contributed by atoms with van der Waals surface area (Å²) in [6.45, 7) is 0.836. The first-order valence-electron chi connectivity index (χ1n) is 11.1. The Kier molecular flexibility index (Phi) is 8.55. The van der Waals surface area contributed by atoms with Gasteiger partial charge in [-0.25, -0.2) is 9.59 Å². The van der Waals surface area contributed by atoms with Crippen molar-refractivity contribution in [1.82, 2.24) is 5.32 Å². The zero-order chi connectivity index (χ0) is 23.2. The first-order chi connectivity index (χ1) is 16.0. The maximum absolute atomic E-state index is 12.5. The van der Waals surface area contributed by atoms with E-state index < -0.39 is 18.1 Å². The van der Waals surface area contributed by atoms with E-state index in [1.165, 1.54) is 0 Å². The van der Waals surface area contributed by atoms with Gasteiger partial charge in [0, 0.05) is 25.2 Å². The quantitative estimate of drug-likeness (QED) is 0.433. The number of aliphatic carboxylic acids is 1. The topological polar surface area (TPSA) is 78.9 Å². The van der Waals surface area contributed by atoms with Crippen molar-refractivity contribution in [3.05, 3.63) is 90.0 Å². The number of para-hydroxylation sites is 1. The van der Waals surface area contributed by atoms with Gasteiger partial charge in [-0.1, -0.05) is 66.7 Å². The van der Waals surface area contributed by atoms with Crippen LogP contribution in [0.15, 0.2) is 78.9 Å². The Morgan fingerprint density at radius 2 is 1.50 bits per heavy atom. The number of nitrogens with one attached hydrogen (secondary N) is 1. The maximum Gasteiger partial charge on any atom is 0.407 e.